The Morgan fingerprint density at radius 3 is 2.35 bits per heavy atom. The van der Waals surface area contributed by atoms with E-state index in [9.17, 15) is 9.59 Å². The van der Waals surface area contributed by atoms with Gasteiger partial charge in [0.15, 0.2) is 0 Å². The summed E-state index contributed by atoms with van der Waals surface area (Å²) >= 11 is 4.74. The molecule has 7 heteroatoms. The van der Waals surface area contributed by atoms with Gasteiger partial charge in [-0.05, 0) is 61.0 Å². The molecular weight excluding hydrogens is 380 g/mol. The average molecular weight is 405 g/mol. The maximum Gasteiger partial charge on any atom is 0.407 e. The second kappa shape index (κ2) is 7.66. The van der Waals surface area contributed by atoms with E-state index in [1.807, 2.05) is 53.0 Å². The molecule has 0 aliphatic heterocycles. The quantitative estimate of drug-likeness (QED) is 0.772. The number of alkyl carbamates (subject to hydrolysis) is 1. The number of amides is 2. The molecule has 0 saturated heterocycles. The first-order valence-electron chi connectivity index (χ1n) is 7.47. The second-order valence-electron chi connectivity index (χ2n) is 6.98. The van der Waals surface area contributed by atoms with Crippen molar-refractivity contribution in [3.63, 3.8) is 0 Å². The van der Waals surface area contributed by atoms with Crippen LogP contribution in [-0.4, -0.2) is 29.7 Å². The Hall–Kier alpha value is -1.08. The minimum Gasteiger partial charge on any atom is -0.444 e. The number of carbonyl (C=O) groups excluding carboxylic acids is 2. The summed E-state index contributed by atoms with van der Waals surface area (Å²) in [6, 6.07) is 1.84. The Kier molecular flexibility index (Phi) is 6.65. The van der Waals surface area contributed by atoms with Crippen LogP contribution in [0.5, 0.6) is 0 Å². The lowest BCUT2D eigenvalue weighted by Crippen LogP contribution is -2.57. The summed E-state index contributed by atoms with van der Waals surface area (Å²) in [4.78, 5) is 24.9. The highest BCUT2D eigenvalue weighted by atomic mass is 79.9. The fourth-order valence-electron chi connectivity index (χ4n) is 1.73. The molecule has 0 bridgehead atoms. The number of hydrogen-bond donors (Lipinski definition) is 2. The van der Waals surface area contributed by atoms with E-state index in [0.717, 1.165) is 4.47 Å². The summed E-state index contributed by atoms with van der Waals surface area (Å²) in [5.74, 6) is -0.0332. The van der Waals surface area contributed by atoms with Crippen molar-refractivity contribution in [2.75, 3.05) is 6.54 Å². The lowest BCUT2D eigenvalue weighted by molar-refractivity contribution is 0.0497. The molecule has 23 heavy (non-hydrogen) atoms. The number of ether oxygens (including phenoxy) is 1. The Morgan fingerprint density at radius 2 is 1.91 bits per heavy atom. The van der Waals surface area contributed by atoms with E-state index in [1.165, 1.54) is 11.3 Å². The third kappa shape index (κ3) is 6.14. The number of hydrogen-bond acceptors (Lipinski definition) is 4. The van der Waals surface area contributed by atoms with Gasteiger partial charge in [0.2, 0.25) is 0 Å². The highest BCUT2D eigenvalue weighted by Gasteiger charge is 2.32. The predicted octanol–water partition coefficient (Wildman–Crippen LogP) is 4.18. The zero-order chi connectivity index (χ0) is 17.8. The first kappa shape index (κ1) is 20.0. The van der Waals surface area contributed by atoms with Crippen LogP contribution in [0.1, 0.15) is 51.2 Å². The highest BCUT2D eigenvalue weighted by Crippen LogP contribution is 2.24. The van der Waals surface area contributed by atoms with Gasteiger partial charge in [0.1, 0.15) is 10.5 Å². The second-order valence-corrected chi connectivity index (χ2v) is 8.75. The molecule has 1 atom stereocenters. The van der Waals surface area contributed by atoms with E-state index in [1.54, 1.807) is 0 Å². The minimum absolute atomic E-state index is 0.125. The standard InChI is InChI=1S/C16H25BrN2O3S/c1-10(2)16(6,9-18-14(21)22-15(3,4)5)19-13(20)12-11(17)7-8-23-12/h7-8,10H,9H2,1-6H3,(H,18,21)(H,19,20). The molecule has 1 rings (SSSR count). The number of rotatable bonds is 5. The van der Waals surface area contributed by atoms with Gasteiger partial charge < -0.3 is 15.4 Å². The topological polar surface area (TPSA) is 67.4 Å². The first-order valence-corrected chi connectivity index (χ1v) is 9.14. The van der Waals surface area contributed by atoms with E-state index in [0.29, 0.717) is 4.88 Å². The number of thiophene rings is 1. The Labute approximate surface area is 150 Å². The molecule has 5 nitrogen and oxygen atoms in total. The molecule has 1 heterocycles. The van der Waals surface area contributed by atoms with Crippen LogP contribution < -0.4 is 10.6 Å². The van der Waals surface area contributed by atoms with Gasteiger partial charge in [-0.25, -0.2) is 4.79 Å². The summed E-state index contributed by atoms with van der Waals surface area (Å²) < 4.78 is 6.01. The van der Waals surface area contributed by atoms with E-state index in [4.69, 9.17) is 4.74 Å². The molecule has 130 valence electrons. The molecule has 1 aromatic heterocycles. The van der Waals surface area contributed by atoms with E-state index in [-0.39, 0.29) is 18.4 Å². The number of carbonyl (C=O) groups is 2. The smallest absolute Gasteiger partial charge is 0.407 e. The van der Waals surface area contributed by atoms with Gasteiger partial charge in [-0.2, -0.15) is 0 Å². The summed E-state index contributed by atoms with van der Waals surface area (Å²) in [6.07, 6.45) is -0.490. The van der Waals surface area contributed by atoms with Crippen molar-refractivity contribution >= 4 is 39.3 Å². The van der Waals surface area contributed by atoms with E-state index >= 15 is 0 Å². The molecule has 2 amide bonds. The predicted molar refractivity (Wildman–Crippen MR) is 97.0 cm³/mol. The molecule has 0 saturated carbocycles. The molecular formula is C16H25BrN2O3S. The Balaban J connectivity index is 2.74. The lowest BCUT2D eigenvalue weighted by atomic mass is 9.88. The number of nitrogens with one attached hydrogen (secondary N) is 2. The SMILES string of the molecule is CC(C)C(C)(CNC(=O)OC(C)(C)C)NC(=O)c1sccc1Br. The van der Waals surface area contributed by atoms with Crippen LogP contribution in [-0.2, 0) is 4.74 Å². The summed E-state index contributed by atoms with van der Waals surface area (Å²) in [5.41, 5.74) is -1.14. The van der Waals surface area contributed by atoms with Crippen molar-refractivity contribution in [1.29, 1.82) is 0 Å². The van der Waals surface area contributed by atoms with Crippen molar-refractivity contribution in [1.82, 2.24) is 10.6 Å². The molecule has 0 radical (unpaired) electrons. The van der Waals surface area contributed by atoms with Gasteiger partial charge in [-0.3, -0.25) is 4.79 Å². The van der Waals surface area contributed by atoms with Gasteiger partial charge in [-0.15, -0.1) is 11.3 Å². The van der Waals surface area contributed by atoms with E-state index < -0.39 is 17.2 Å². The van der Waals surface area contributed by atoms with Crippen LogP contribution in [0.2, 0.25) is 0 Å². The summed E-state index contributed by atoms with van der Waals surface area (Å²) in [7, 11) is 0. The van der Waals surface area contributed by atoms with Gasteiger partial charge in [-0.1, -0.05) is 13.8 Å². The third-order valence-corrected chi connectivity index (χ3v) is 5.33. The summed E-state index contributed by atoms with van der Waals surface area (Å²) in [6.45, 7) is 11.6. The highest BCUT2D eigenvalue weighted by molar-refractivity contribution is 9.10. The zero-order valence-electron chi connectivity index (χ0n) is 14.5. The normalized spacial score (nSPS) is 14.3. The van der Waals surface area contributed by atoms with Crippen LogP contribution in [0.25, 0.3) is 0 Å². The first-order chi connectivity index (χ1) is 10.4. The third-order valence-electron chi connectivity index (χ3n) is 3.50. The monoisotopic (exact) mass is 404 g/mol. The van der Waals surface area contributed by atoms with Crippen molar-refractivity contribution in [2.45, 2.75) is 52.7 Å². The van der Waals surface area contributed by atoms with Crippen LogP contribution in [0.3, 0.4) is 0 Å². The maximum absolute atomic E-state index is 12.4. The van der Waals surface area contributed by atoms with Crippen molar-refractivity contribution < 1.29 is 14.3 Å². The van der Waals surface area contributed by atoms with Gasteiger partial charge in [0, 0.05) is 11.0 Å². The Bertz CT molecular complexity index is 566. The maximum atomic E-state index is 12.4. The van der Waals surface area contributed by atoms with Crippen LogP contribution in [0.4, 0.5) is 4.79 Å². The Morgan fingerprint density at radius 1 is 1.30 bits per heavy atom. The molecule has 0 aliphatic rings. The fraction of sp³-hybridized carbons (Fsp3) is 0.625. The molecule has 1 unspecified atom stereocenters. The molecule has 0 aromatic carbocycles. The lowest BCUT2D eigenvalue weighted by Gasteiger charge is -2.35. The average Bonchev–Trinajstić information content (AvgIpc) is 2.80. The van der Waals surface area contributed by atoms with Gasteiger partial charge in [0.05, 0.1) is 5.54 Å². The van der Waals surface area contributed by atoms with Gasteiger partial charge >= 0.3 is 6.09 Å². The number of halogens is 1. The van der Waals surface area contributed by atoms with Crippen molar-refractivity contribution in [3.8, 4) is 0 Å². The molecule has 0 fully saturated rings. The fourth-order valence-corrected chi connectivity index (χ4v) is 3.18. The van der Waals surface area contributed by atoms with Gasteiger partial charge in [0.25, 0.3) is 5.91 Å². The molecule has 1 aromatic rings. The van der Waals surface area contributed by atoms with Crippen molar-refractivity contribution in [3.05, 3.63) is 20.8 Å². The zero-order valence-corrected chi connectivity index (χ0v) is 16.9. The van der Waals surface area contributed by atoms with E-state index in [2.05, 4.69) is 26.6 Å². The van der Waals surface area contributed by atoms with Crippen LogP contribution in [0.15, 0.2) is 15.9 Å². The minimum atomic E-state index is -0.586. The van der Waals surface area contributed by atoms with Crippen LogP contribution >= 0.6 is 27.3 Å². The summed E-state index contributed by atoms with van der Waals surface area (Å²) in [5, 5.41) is 7.62. The largest absolute Gasteiger partial charge is 0.444 e. The molecule has 0 aliphatic carbocycles. The van der Waals surface area contributed by atoms with Crippen molar-refractivity contribution in [2.24, 2.45) is 5.92 Å². The molecule has 2 N–H and O–H groups in total. The van der Waals surface area contributed by atoms with Crippen LogP contribution in [0, 0.1) is 5.92 Å². The molecule has 0 spiro atoms.